The number of hydrogen-bond donors (Lipinski definition) is 2. The zero-order valence-electron chi connectivity index (χ0n) is 14.3. The Morgan fingerprint density at radius 3 is 2.57 bits per heavy atom. The standard InChI is InChI=1S/C17H14F3NO5S2/c1-16(24,17(18,19)20)15(23)21-11-3-2-4-13-10(11)7-12(22)14-9(5-6-27-14)8-28(13,25)26/h2-6,24H,7-8H2,1H3,(H,21,23). The van der Waals surface area contributed by atoms with Crippen molar-refractivity contribution in [3.05, 3.63) is 45.6 Å². The number of fused-ring (bicyclic) bond motifs is 2. The fourth-order valence-electron chi connectivity index (χ4n) is 2.75. The molecule has 0 aliphatic carbocycles. The van der Waals surface area contributed by atoms with Gasteiger partial charge in [0.05, 0.1) is 15.5 Å². The lowest BCUT2D eigenvalue weighted by atomic mass is 10.0. The van der Waals surface area contributed by atoms with Crippen molar-refractivity contribution in [1.29, 1.82) is 0 Å². The zero-order chi connectivity index (χ0) is 20.9. The first-order valence-electron chi connectivity index (χ1n) is 7.89. The van der Waals surface area contributed by atoms with E-state index in [1.54, 1.807) is 5.38 Å². The summed E-state index contributed by atoms with van der Waals surface area (Å²) >= 11 is 1.07. The normalized spacial score (nSPS) is 18.2. The summed E-state index contributed by atoms with van der Waals surface area (Å²) in [7, 11) is -3.91. The van der Waals surface area contributed by atoms with Crippen molar-refractivity contribution in [3.8, 4) is 0 Å². The summed E-state index contributed by atoms with van der Waals surface area (Å²) in [5.41, 5.74) is -3.72. The molecule has 0 bridgehead atoms. The molecule has 0 saturated carbocycles. The maximum absolute atomic E-state index is 12.9. The topological polar surface area (TPSA) is 101 Å². The number of amides is 1. The molecular formula is C17H14F3NO5S2. The summed E-state index contributed by atoms with van der Waals surface area (Å²) in [6.07, 6.45) is -5.67. The Morgan fingerprint density at radius 1 is 1.25 bits per heavy atom. The Balaban J connectivity index is 2.08. The van der Waals surface area contributed by atoms with E-state index in [9.17, 15) is 36.3 Å². The second kappa shape index (κ2) is 6.68. The van der Waals surface area contributed by atoms with Crippen molar-refractivity contribution in [3.63, 3.8) is 0 Å². The predicted molar refractivity (Wildman–Crippen MR) is 95.0 cm³/mol. The molecule has 6 nitrogen and oxygen atoms in total. The molecule has 1 aromatic heterocycles. The van der Waals surface area contributed by atoms with Gasteiger partial charge in [-0.25, -0.2) is 8.42 Å². The molecule has 0 spiro atoms. The third kappa shape index (κ3) is 3.45. The molecule has 3 rings (SSSR count). The molecule has 2 heterocycles. The second-order valence-electron chi connectivity index (χ2n) is 6.44. The number of benzene rings is 1. The van der Waals surface area contributed by atoms with Crippen LogP contribution in [0.3, 0.4) is 0 Å². The van der Waals surface area contributed by atoms with Crippen molar-refractivity contribution in [1.82, 2.24) is 0 Å². The molecule has 2 N–H and O–H groups in total. The van der Waals surface area contributed by atoms with Crippen LogP contribution in [0.15, 0.2) is 34.5 Å². The molecule has 0 radical (unpaired) electrons. The van der Waals surface area contributed by atoms with Gasteiger partial charge in [0.15, 0.2) is 15.6 Å². The fourth-order valence-corrected chi connectivity index (χ4v) is 5.35. The van der Waals surface area contributed by atoms with E-state index in [4.69, 9.17) is 0 Å². The smallest absolute Gasteiger partial charge is 0.373 e. The predicted octanol–water partition coefficient (Wildman–Crippen LogP) is 2.71. The number of aliphatic hydroxyl groups is 1. The van der Waals surface area contributed by atoms with E-state index in [0.29, 0.717) is 5.56 Å². The number of nitrogens with one attached hydrogen (secondary N) is 1. The van der Waals surface area contributed by atoms with Crippen molar-refractivity contribution in [2.75, 3.05) is 5.32 Å². The van der Waals surface area contributed by atoms with Gasteiger partial charge in [-0.2, -0.15) is 13.2 Å². The average Bonchev–Trinajstić information content (AvgIpc) is 3.01. The number of Topliss-reactive ketones (excluding diaryl/α,β-unsaturated/α-hetero) is 1. The molecule has 1 atom stereocenters. The summed E-state index contributed by atoms with van der Waals surface area (Å²) in [6, 6.07) is 5.19. The van der Waals surface area contributed by atoms with Crippen LogP contribution in [-0.2, 0) is 26.8 Å². The van der Waals surface area contributed by atoms with Crippen LogP contribution in [0.5, 0.6) is 0 Å². The molecule has 0 saturated heterocycles. The first-order valence-corrected chi connectivity index (χ1v) is 10.4. The Kier molecular flexibility index (Phi) is 4.89. The van der Waals surface area contributed by atoms with E-state index in [1.807, 2.05) is 5.32 Å². The monoisotopic (exact) mass is 433 g/mol. The Hall–Kier alpha value is -2.24. The first-order chi connectivity index (χ1) is 12.8. The number of alkyl halides is 3. The van der Waals surface area contributed by atoms with Gasteiger partial charge < -0.3 is 10.4 Å². The molecule has 1 aliphatic heterocycles. The van der Waals surface area contributed by atoms with Gasteiger partial charge in [-0.15, -0.1) is 11.3 Å². The van der Waals surface area contributed by atoms with Gasteiger partial charge in [0.25, 0.3) is 5.91 Å². The molecule has 11 heteroatoms. The third-order valence-corrected chi connectivity index (χ3v) is 7.13. The van der Waals surface area contributed by atoms with Gasteiger partial charge in [0.2, 0.25) is 5.60 Å². The van der Waals surface area contributed by atoms with E-state index in [0.717, 1.165) is 11.3 Å². The van der Waals surface area contributed by atoms with E-state index in [1.165, 1.54) is 24.3 Å². The number of hydrogen-bond acceptors (Lipinski definition) is 6. The van der Waals surface area contributed by atoms with Gasteiger partial charge in [-0.3, -0.25) is 9.59 Å². The van der Waals surface area contributed by atoms with Crippen LogP contribution in [0.1, 0.15) is 27.7 Å². The quantitative estimate of drug-likeness (QED) is 0.759. The molecule has 28 heavy (non-hydrogen) atoms. The van der Waals surface area contributed by atoms with Crippen molar-refractivity contribution < 1.29 is 36.3 Å². The van der Waals surface area contributed by atoms with Gasteiger partial charge in [0, 0.05) is 17.7 Å². The maximum atomic E-state index is 12.9. The summed E-state index contributed by atoms with van der Waals surface area (Å²) in [5, 5.41) is 13.0. The molecule has 0 fully saturated rings. The number of halogens is 3. The molecule has 2 aromatic rings. The average molecular weight is 433 g/mol. The van der Waals surface area contributed by atoms with Gasteiger partial charge in [-0.05, 0) is 36.1 Å². The minimum Gasteiger partial charge on any atom is -0.373 e. The van der Waals surface area contributed by atoms with E-state index in [2.05, 4.69) is 0 Å². The van der Waals surface area contributed by atoms with Crippen LogP contribution >= 0.6 is 11.3 Å². The first kappa shape index (κ1) is 20.5. The summed E-state index contributed by atoms with van der Waals surface area (Å²) < 4.78 is 64.2. The largest absolute Gasteiger partial charge is 0.426 e. The molecule has 1 unspecified atom stereocenters. The number of carbonyl (C=O) groups is 2. The lowest BCUT2D eigenvalue weighted by Crippen LogP contribution is -2.52. The lowest BCUT2D eigenvalue weighted by molar-refractivity contribution is -0.242. The van der Waals surface area contributed by atoms with Gasteiger partial charge in [0.1, 0.15) is 0 Å². The molecule has 1 amide bonds. The highest BCUT2D eigenvalue weighted by Crippen LogP contribution is 2.35. The third-order valence-electron chi connectivity index (χ3n) is 4.39. The lowest BCUT2D eigenvalue weighted by Gasteiger charge is -2.26. The van der Waals surface area contributed by atoms with Crippen LogP contribution in [0.4, 0.5) is 18.9 Å². The number of carbonyl (C=O) groups excluding carboxylic acids is 2. The van der Waals surface area contributed by atoms with Crippen molar-refractivity contribution in [2.24, 2.45) is 0 Å². The molecule has 150 valence electrons. The van der Waals surface area contributed by atoms with E-state index >= 15 is 0 Å². The number of thiophene rings is 1. The Labute approximate surface area is 161 Å². The second-order valence-corrected chi connectivity index (χ2v) is 9.31. The fraction of sp³-hybridized carbons (Fsp3) is 0.294. The highest BCUT2D eigenvalue weighted by molar-refractivity contribution is 7.90. The summed E-state index contributed by atoms with van der Waals surface area (Å²) in [6.45, 7) is 0.287. The van der Waals surface area contributed by atoms with Crippen molar-refractivity contribution >= 4 is 38.6 Å². The van der Waals surface area contributed by atoms with Crippen LogP contribution in [0.2, 0.25) is 0 Å². The van der Waals surface area contributed by atoms with Crippen LogP contribution in [0, 0.1) is 0 Å². The summed E-state index contributed by atoms with van der Waals surface area (Å²) in [5.74, 6) is -2.63. The number of ketones is 1. The molecular weight excluding hydrogens is 419 g/mol. The minimum absolute atomic E-state index is 0.113. The maximum Gasteiger partial charge on any atom is 0.426 e. The van der Waals surface area contributed by atoms with E-state index < -0.39 is 45.5 Å². The SMILES string of the molecule is CC(O)(C(=O)Nc1cccc2c1CC(=O)c1sccc1CS2(=O)=O)C(F)(F)F. The van der Waals surface area contributed by atoms with Crippen molar-refractivity contribution in [2.45, 2.75) is 35.8 Å². The minimum atomic E-state index is -5.24. The molecule has 1 aliphatic rings. The highest BCUT2D eigenvalue weighted by atomic mass is 32.2. The van der Waals surface area contributed by atoms with Gasteiger partial charge in [-0.1, -0.05) is 6.07 Å². The van der Waals surface area contributed by atoms with Crippen LogP contribution in [0.25, 0.3) is 0 Å². The van der Waals surface area contributed by atoms with E-state index in [-0.39, 0.29) is 27.9 Å². The van der Waals surface area contributed by atoms with Crippen LogP contribution in [-0.4, -0.2) is 37.0 Å². The number of anilines is 1. The number of sulfone groups is 1. The summed E-state index contributed by atoms with van der Waals surface area (Å²) in [4.78, 5) is 24.6. The van der Waals surface area contributed by atoms with Gasteiger partial charge >= 0.3 is 6.18 Å². The Morgan fingerprint density at radius 2 is 1.93 bits per heavy atom. The molecule has 1 aromatic carbocycles. The highest BCUT2D eigenvalue weighted by Gasteiger charge is 2.55. The number of rotatable bonds is 2. The Bertz CT molecular complexity index is 1070. The zero-order valence-corrected chi connectivity index (χ0v) is 16.0. The van der Waals surface area contributed by atoms with Crippen LogP contribution < -0.4 is 5.32 Å².